The molecule has 0 radical (unpaired) electrons. The fraction of sp³-hybridized carbons (Fsp3) is 0.647. The third-order valence-corrected chi connectivity index (χ3v) is 3.52. The first-order valence-electron chi connectivity index (χ1n) is 8.25. The summed E-state index contributed by atoms with van der Waals surface area (Å²) in [7, 11) is 4.05. The van der Waals surface area contributed by atoms with Crippen LogP contribution in [0.3, 0.4) is 0 Å². The Labute approximate surface area is 135 Å². The summed E-state index contributed by atoms with van der Waals surface area (Å²) < 4.78 is 1.83. The molecule has 0 aliphatic rings. The van der Waals surface area contributed by atoms with E-state index >= 15 is 0 Å². The molecule has 0 saturated carbocycles. The summed E-state index contributed by atoms with van der Waals surface area (Å²) in [5.41, 5.74) is 1.23. The van der Waals surface area contributed by atoms with Crippen LogP contribution in [-0.2, 0) is 13.5 Å². The van der Waals surface area contributed by atoms with Gasteiger partial charge in [-0.2, -0.15) is 5.10 Å². The minimum atomic E-state index is 0.787. The molecule has 0 atom stereocenters. The second-order valence-electron chi connectivity index (χ2n) is 5.57. The van der Waals surface area contributed by atoms with Crippen molar-refractivity contribution < 1.29 is 0 Å². The van der Waals surface area contributed by atoms with Crippen molar-refractivity contribution in [3.63, 3.8) is 0 Å². The normalized spacial score (nSPS) is 11.5. The molecule has 0 aromatic carbocycles. The highest BCUT2D eigenvalue weighted by Crippen LogP contribution is 2.02. The number of aliphatic imine (C=N–C) groups is 1. The third kappa shape index (κ3) is 7.29. The number of aromatic nitrogens is 2. The maximum absolute atomic E-state index is 4.71. The van der Waals surface area contributed by atoms with Crippen molar-refractivity contribution >= 4 is 5.96 Å². The van der Waals surface area contributed by atoms with E-state index in [1.807, 2.05) is 30.2 Å². The Morgan fingerprint density at radius 2 is 2.27 bits per heavy atom. The number of rotatable bonds is 10. The molecule has 1 rings (SSSR count). The van der Waals surface area contributed by atoms with Gasteiger partial charge < -0.3 is 10.2 Å². The average Bonchev–Trinajstić information content (AvgIpc) is 2.91. The SMILES string of the molecule is C=CCCCCCN(C)C(=NCCc1cnn(C)c1)NCC. The van der Waals surface area contributed by atoms with Crippen LogP contribution in [-0.4, -0.2) is 47.3 Å². The minimum Gasteiger partial charge on any atom is -0.357 e. The standard InChI is InChI=1S/C17H31N5/c1-5-7-8-9-10-13-21(3)17(18-6-2)19-12-11-16-14-20-22(4)15-16/h5,14-15H,1,6-13H2,2-4H3,(H,18,19). The van der Waals surface area contributed by atoms with Crippen molar-refractivity contribution in [3.8, 4) is 0 Å². The number of nitrogens with zero attached hydrogens (tertiary/aromatic N) is 4. The number of aryl methyl sites for hydroxylation is 1. The summed E-state index contributed by atoms with van der Waals surface area (Å²) in [5, 5.41) is 7.55. The van der Waals surface area contributed by atoms with E-state index in [-0.39, 0.29) is 0 Å². The van der Waals surface area contributed by atoms with Gasteiger partial charge in [0.2, 0.25) is 0 Å². The maximum atomic E-state index is 4.71. The predicted molar refractivity (Wildman–Crippen MR) is 94.2 cm³/mol. The molecule has 22 heavy (non-hydrogen) atoms. The lowest BCUT2D eigenvalue weighted by atomic mass is 10.2. The fourth-order valence-electron chi connectivity index (χ4n) is 2.28. The number of unbranched alkanes of at least 4 members (excludes halogenated alkanes) is 3. The zero-order valence-electron chi connectivity index (χ0n) is 14.4. The van der Waals surface area contributed by atoms with E-state index in [4.69, 9.17) is 4.99 Å². The topological polar surface area (TPSA) is 45.5 Å². The molecule has 1 aromatic heterocycles. The van der Waals surface area contributed by atoms with Crippen LogP contribution in [0.25, 0.3) is 0 Å². The van der Waals surface area contributed by atoms with Crippen LogP contribution in [0.2, 0.25) is 0 Å². The number of nitrogens with one attached hydrogen (secondary N) is 1. The Hall–Kier alpha value is -1.78. The monoisotopic (exact) mass is 305 g/mol. The lowest BCUT2D eigenvalue weighted by molar-refractivity contribution is 0.455. The zero-order chi connectivity index (χ0) is 16.2. The van der Waals surface area contributed by atoms with Gasteiger partial charge in [0.05, 0.1) is 6.20 Å². The van der Waals surface area contributed by atoms with Gasteiger partial charge in [0.1, 0.15) is 0 Å². The summed E-state index contributed by atoms with van der Waals surface area (Å²) in [5.74, 6) is 0.995. The molecule has 0 amide bonds. The van der Waals surface area contributed by atoms with Crippen LogP contribution >= 0.6 is 0 Å². The summed E-state index contributed by atoms with van der Waals surface area (Å²) in [4.78, 5) is 6.93. The van der Waals surface area contributed by atoms with E-state index in [0.29, 0.717) is 0 Å². The highest BCUT2D eigenvalue weighted by molar-refractivity contribution is 5.79. The molecule has 0 fully saturated rings. The smallest absolute Gasteiger partial charge is 0.193 e. The molecule has 5 nitrogen and oxygen atoms in total. The summed E-state index contributed by atoms with van der Waals surface area (Å²) >= 11 is 0. The highest BCUT2D eigenvalue weighted by atomic mass is 15.3. The molecule has 0 aliphatic heterocycles. The number of guanidine groups is 1. The van der Waals surface area contributed by atoms with Crippen molar-refractivity contribution in [2.24, 2.45) is 12.0 Å². The van der Waals surface area contributed by atoms with Gasteiger partial charge in [0.25, 0.3) is 0 Å². The van der Waals surface area contributed by atoms with Gasteiger partial charge in [0.15, 0.2) is 5.96 Å². The predicted octanol–water partition coefficient (Wildman–Crippen LogP) is 2.61. The van der Waals surface area contributed by atoms with Crippen molar-refractivity contribution in [3.05, 3.63) is 30.6 Å². The van der Waals surface area contributed by atoms with Gasteiger partial charge in [-0.15, -0.1) is 6.58 Å². The van der Waals surface area contributed by atoms with Crippen molar-refractivity contribution in [2.45, 2.75) is 39.0 Å². The van der Waals surface area contributed by atoms with Crippen molar-refractivity contribution in [1.29, 1.82) is 0 Å². The van der Waals surface area contributed by atoms with Crippen LogP contribution in [0.15, 0.2) is 30.0 Å². The van der Waals surface area contributed by atoms with Crippen LogP contribution < -0.4 is 5.32 Å². The van der Waals surface area contributed by atoms with Crippen molar-refractivity contribution in [1.82, 2.24) is 20.0 Å². The molecule has 0 spiro atoms. The molecule has 0 saturated heterocycles. The average molecular weight is 305 g/mol. The van der Waals surface area contributed by atoms with E-state index in [1.165, 1.54) is 24.8 Å². The summed E-state index contributed by atoms with van der Waals surface area (Å²) in [6.07, 6.45) is 11.7. The highest BCUT2D eigenvalue weighted by Gasteiger charge is 2.05. The first-order chi connectivity index (χ1) is 10.7. The molecule has 124 valence electrons. The van der Waals surface area contributed by atoms with Gasteiger partial charge in [-0.25, -0.2) is 0 Å². The first-order valence-corrected chi connectivity index (χ1v) is 8.25. The fourth-order valence-corrected chi connectivity index (χ4v) is 2.28. The maximum Gasteiger partial charge on any atom is 0.193 e. The number of hydrogen-bond acceptors (Lipinski definition) is 2. The second-order valence-corrected chi connectivity index (χ2v) is 5.57. The van der Waals surface area contributed by atoms with Gasteiger partial charge >= 0.3 is 0 Å². The van der Waals surface area contributed by atoms with Crippen LogP contribution in [0.1, 0.15) is 38.2 Å². The van der Waals surface area contributed by atoms with Crippen LogP contribution in [0, 0.1) is 0 Å². The van der Waals surface area contributed by atoms with Gasteiger partial charge in [-0.1, -0.05) is 12.5 Å². The first kappa shape index (κ1) is 18.3. The number of allylic oxidation sites excluding steroid dienone is 1. The Balaban J connectivity index is 2.37. The largest absolute Gasteiger partial charge is 0.357 e. The Morgan fingerprint density at radius 1 is 1.45 bits per heavy atom. The molecule has 0 unspecified atom stereocenters. The van der Waals surface area contributed by atoms with E-state index in [9.17, 15) is 0 Å². The lowest BCUT2D eigenvalue weighted by Crippen LogP contribution is -2.39. The molecule has 5 heteroatoms. The van der Waals surface area contributed by atoms with E-state index in [1.54, 1.807) is 0 Å². The molecule has 1 heterocycles. The number of hydrogen-bond donors (Lipinski definition) is 1. The molecule has 0 bridgehead atoms. The van der Waals surface area contributed by atoms with E-state index < -0.39 is 0 Å². The van der Waals surface area contributed by atoms with Crippen LogP contribution in [0.5, 0.6) is 0 Å². The molecular weight excluding hydrogens is 274 g/mol. The third-order valence-electron chi connectivity index (χ3n) is 3.52. The van der Waals surface area contributed by atoms with Crippen LogP contribution in [0.4, 0.5) is 0 Å². The molecule has 0 aliphatic carbocycles. The Kier molecular flexibility index (Phi) is 9.03. The molecule has 1 aromatic rings. The second kappa shape index (κ2) is 10.9. The minimum absolute atomic E-state index is 0.787. The molecule has 1 N–H and O–H groups in total. The van der Waals surface area contributed by atoms with Gasteiger partial charge in [-0.3, -0.25) is 9.67 Å². The van der Waals surface area contributed by atoms with E-state index in [0.717, 1.165) is 38.4 Å². The zero-order valence-corrected chi connectivity index (χ0v) is 14.4. The van der Waals surface area contributed by atoms with Gasteiger partial charge in [0, 0.05) is 39.9 Å². The van der Waals surface area contributed by atoms with Crippen molar-refractivity contribution in [2.75, 3.05) is 26.7 Å². The van der Waals surface area contributed by atoms with E-state index in [2.05, 4.69) is 35.9 Å². The quantitative estimate of drug-likeness (QED) is 0.313. The summed E-state index contributed by atoms with van der Waals surface area (Å²) in [6, 6.07) is 0. The molecular formula is C17H31N5. The Bertz CT molecular complexity index is 450. The Morgan fingerprint density at radius 3 is 2.91 bits per heavy atom. The van der Waals surface area contributed by atoms with Gasteiger partial charge in [-0.05, 0) is 38.2 Å². The lowest BCUT2D eigenvalue weighted by Gasteiger charge is -2.22. The summed E-state index contributed by atoms with van der Waals surface area (Å²) in [6.45, 7) is 8.59.